The summed E-state index contributed by atoms with van der Waals surface area (Å²) in [7, 11) is 3.94. The summed E-state index contributed by atoms with van der Waals surface area (Å²) in [5.74, 6) is 1.62. The molecule has 0 saturated carbocycles. The number of carbonyl (C=O) groups is 1. The first-order valence-electron chi connectivity index (χ1n) is 8.98. The Kier molecular flexibility index (Phi) is 5.96. The minimum Gasteiger partial charge on any atom is -0.383 e. The molecule has 8 heteroatoms. The van der Waals surface area contributed by atoms with Crippen LogP contribution in [0.25, 0.3) is 0 Å². The maximum atomic E-state index is 12.5. The molecule has 1 aromatic heterocycles. The lowest BCUT2D eigenvalue weighted by Crippen LogP contribution is -2.47. The second-order valence-corrected chi connectivity index (χ2v) is 7.29. The van der Waals surface area contributed by atoms with Crippen molar-refractivity contribution in [3.05, 3.63) is 11.5 Å². The highest BCUT2D eigenvalue weighted by atomic mass is 35.5. The van der Waals surface area contributed by atoms with E-state index < -0.39 is 0 Å². The number of nitrogens with zero attached hydrogens (tertiary/aromatic N) is 5. The van der Waals surface area contributed by atoms with Gasteiger partial charge in [-0.05, 0) is 25.8 Å². The number of hydrogen-bond donors (Lipinski definition) is 1. The summed E-state index contributed by atoms with van der Waals surface area (Å²) in [5.41, 5.74) is 0.774. The lowest BCUT2D eigenvalue weighted by atomic mass is 9.92. The molecule has 7 nitrogen and oxygen atoms in total. The van der Waals surface area contributed by atoms with E-state index in [1.807, 2.05) is 11.9 Å². The highest BCUT2D eigenvalue weighted by Crippen LogP contribution is 2.32. The molecule has 0 aromatic carbocycles. The maximum absolute atomic E-state index is 12.5. The minimum atomic E-state index is 0.313. The SMILES string of the molecule is CNc1c(Cl)ncnc1N1CCC(CC(=O)N2CCN(C)CC2)CC1. The van der Waals surface area contributed by atoms with Gasteiger partial charge in [0.2, 0.25) is 5.91 Å². The lowest BCUT2D eigenvalue weighted by Gasteiger charge is -2.36. The number of piperidine rings is 1. The van der Waals surface area contributed by atoms with Crippen LogP contribution in [0.2, 0.25) is 5.15 Å². The molecule has 1 N–H and O–H groups in total. The van der Waals surface area contributed by atoms with E-state index >= 15 is 0 Å². The molecule has 138 valence electrons. The quantitative estimate of drug-likeness (QED) is 0.816. The number of piperazine rings is 1. The predicted octanol–water partition coefficient (Wildman–Crippen LogP) is 1.55. The zero-order chi connectivity index (χ0) is 17.8. The third kappa shape index (κ3) is 4.33. The lowest BCUT2D eigenvalue weighted by molar-refractivity contribution is -0.133. The molecular weight excluding hydrogens is 340 g/mol. The van der Waals surface area contributed by atoms with Crippen molar-refractivity contribution >= 4 is 29.0 Å². The van der Waals surface area contributed by atoms with Crippen molar-refractivity contribution in [3.8, 4) is 0 Å². The van der Waals surface area contributed by atoms with Crippen LogP contribution in [0.4, 0.5) is 11.5 Å². The topological polar surface area (TPSA) is 64.6 Å². The summed E-state index contributed by atoms with van der Waals surface area (Å²) in [6.07, 6.45) is 4.18. The number of anilines is 2. The molecule has 2 saturated heterocycles. The molecule has 1 amide bonds. The molecule has 0 atom stereocenters. The molecule has 25 heavy (non-hydrogen) atoms. The number of carbonyl (C=O) groups excluding carboxylic acids is 1. The van der Waals surface area contributed by atoms with E-state index in [0.29, 0.717) is 23.4 Å². The number of nitrogens with one attached hydrogen (secondary N) is 1. The third-order valence-electron chi connectivity index (χ3n) is 5.26. The number of likely N-dealkylation sites (N-methyl/N-ethyl adjacent to an activating group) is 1. The highest BCUT2D eigenvalue weighted by molar-refractivity contribution is 6.32. The van der Waals surface area contributed by atoms with E-state index in [-0.39, 0.29) is 0 Å². The highest BCUT2D eigenvalue weighted by Gasteiger charge is 2.27. The largest absolute Gasteiger partial charge is 0.383 e. The standard InChI is InChI=1S/C17H27ClN6O/c1-19-15-16(18)20-12-21-17(15)24-5-3-13(4-6-24)11-14(25)23-9-7-22(2)8-10-23/h12-13,19H,3-11H2,1-2H3. The number of amides is 1. The Bertz CT molecular complexity index is 597. The van der Waals surface area contributed by atoms with E-state index in [1.54, 1.807) is 0 Å². The maximum Gasteiger partial charge on any atom is 0.222 e. The third-order valence-corrected chi connectivity index (χ3v) is 5.55. The molecule has 0 aliphatic carbocycles. The van der Waals surface area contributed by atoms with E-state index in [0.717, 1.165) is 63.6 Å². The van der Waals surface area contributed by atoms with Gasteiger partial charge in [-0.2, -0.15) is 0 Å². The van der Waals surface area contributed by atoms with Crippen LogP contribution in [0.1, 0.15) is 19.3 Å². The van der Waals surface area contributed by atoms with E-state index in [2.05, 4.69) is 32.1 Å². The van der Waals surface area contributed by atoms with Crippen LogP contribution < -0.4 is 10.2 Å². The molecule has 0 bridgehead atoms. The fraction of sp³-hybridized carbons (Fsp3) is 0.706. The van der Waals surface area contributed by atoms with Gasteiger partial charge < -0.3 is 20.0 Å². The molecule has 2 aliphatic heterocycles. The summed E-state index contributed by atoms with van der Waals surface area (Å²) in [6.45, 7) is 5.46. The van der Waals surface area contributed by atoms with Gasteiger partial charge in [0.25, 0.3) is 0 Å². The van der Waals surface area contributed by atoms with Gasteiger partial charge in [-0.3, -0.25) is 4.79 Å². The zero-order valence-electron chi connectivity index (χ0n) is 15.0. The van der Waals surface area contributed by atoms with Gasteiger partial charge in [-0.1, -0.05) is 11.6 Å². The fourth-order valence-corrected chi connectivity index (χ4v) is 3.81. The van der Waals surface area contributed by atoms with Crippen LogP contribution in [0, 0.1) is 5.92 Å². The molecule has 2 aliphatic rings. The second-order valence-electron chi connectivity index (χ2n) is 6.93. The Morgan fingerprint density at radius 3 is 2.52 bits per heavy atom. The van der Waals surface area contributed by atoms with Gasteiger partial charge in [-0.15, -0.1) is 0 Å². The summed E-state index contributed by atoms with van der Waals surface area (Å²) in [4.78, 5) is 27.5. The molecule has 2 fully saturated rings. The average Bonchev–Trinajstić information content (AvgIpc) is 2.62. The summed E-state index contributed by atoms with van der Waals surface area (Å²) in [6, 6.07) is 0. The Hall–Kier alpha value is -1.60. The fourth-order valence-electron chi connectivity index (χ4n) is 3.59. The first-order chi connectivity index (χ1) is 12.1. The number of rotatable bonds is 4. The van der Waals surface area contributed by atoms with Crippen molar-refractivity contribution in [1.82, 2.24) is 19.8 Å². The number of aromatic nitrogens is 2. The van der Waals surface area contributed by atoms with Crippen LogP contribution in [0.5, 0.6) is 0 Å². The molecule has 0 spiro atoms. The van der Waals surface area contributed by atoms with Gasteiger partial charge in [0, 0.05) is 52.7 Å². The monoisotopic (exact) mass is 366 g/mol. The van der Waals surface area contributed by atoms with Crippen molar-refractivity contribution < 1.29 is 4.79 Å². The molecule has 1 aromatic rings. The minimum absolute atomic E-state index is 0.313. The van der Waals surface area contributed by atoms with Crippen molar-refractivity contribution in [2.45, 2.75) is 19.3 Å². The van der Waals surface area contributed by atoms with Crippen LogP contribution in [-0.4, -0.2) is 79.0 Å². The number of hydrogen-bond acceptors (Lipinski definition) is 6. The van der Waals surface area contributed by atoms with Crippen molar-refractivity contribution in [2.75, 3.05) is 63.6 Å². The van der Waals surface area contributed by atoms with E-state index in [4.69, 9.17) is 11.6 Å². The van der Waals surface area contributed by atoms with Crippen molar-refractivity contribution in [1.29, 1.82) is 0 Å². The van der Waals surface area contributed by atoms with Gasteiger partial charge >= 0.3 is 0 Å². The number of halogens is 1. The second kappa shape index (κ2) is 8.19. The Morgan fingerprint density at radius 2 is 1.88 bits per heavy atom. The normalized spacial score (nSPS) is 20.0. The zero-order valence-corrected chi connectivity index (χ0v) is 15.8. The van der Waals surface area contributed by atoms with Gasteiger partial charge in [0.1, 0.15) is 12.0 Å². The van der Waals surface area contributed by atoms with Gasteiger partial charge in [0.15, 0.2) is 11.0 Å². The average molecular weight is 367 g/mol. The summed E-state index contributed by atoms with van der Waals surface area (Å²) >= 11 is 6.15. The molecule has 0 unspecified atom stereocenters. The molecule has 3 heterocycles. The first kappa shape index (κ1) is 18.2. The van der Waals surface area contributed by atoms with Crippen LogP contribution in [-0.2, 0) is 4.79 Å². The summed E-state index contributed by atoms with van der Waals surface area (Å²) in [5, 5.41) is 3.53. The van der Waals surface area contributed by atoms with Crippen LogP contribution in [0.3, 0.4) is 0 Å². The predicted molar refractivity (Wildman–Crippen MR) is 100 cm³/mol. The molecular formula is C17H27ClN6O. The summed E-state index contributed by atoms with van der Waals surface area (Å²) < 4.78 is 0. The smallest absolute Gasteiger partial charge is 0.222 e. The Labute approximate surface area is 154 Å². The van der Waals surface area contributed by atoms with Gasteiger partial charge in [-0.25, -0.2) is 9.97 Å². The van der Waals surface area contributed by atoms with Crippen LogP contribution in [0.15, 0.2) is 6.33 Å². The Balaban J connectivity index is 1.52. The van der Waals surface area contributed by atoms with Crippen LogP contribution >= 0.6 is 11.6 Å². The first-order valence-corrected chi connectivity index (χ1v) is 9.35. The Morgan fingerprint density at radius 1 is 1.20 bits per heavy atom. The van der Waals surface area contributed by atoms with Gasteiger partial charge in [0.05, 0.1) is 0 Å². The van der Waals surface area contributed by atoms with Crippen molar-refractivity contribution in [3.63, 3.8) is 0 Å². The van der Waals surface area contributed by atoms with Crippen molar-refractivity contribution in [2.24, 2.45) is 5.92 Å². The van der Waals surface area contributed by atoms with E-state index in [9.17, 15) is 4.79 Å². The van der Waals surface area contributed by atoms with E-state index in [1.165, 1.54) is 6.33 Å². The molecule has 3 rings (SSSR count). The molecule has 0 radical (unpaired) electrons.